The first kappa shape index (κ1) is 44.4. The van der Waals surface area contributed by atoms with E-state index < -0.39 is 5.97 Å². The average Bonchev–Trinajstić information content (AvgIpc) is 3.05. The van der Waals surface area contributed by atoms with Crippen LogP contribution in [0, 0.1) is 0 Å². The van der Waals surface area contributed by atoms with Gasteiger partial charge in [0.2, 0.25) is 5.91 Å². The highest BCUT2D eigenvalue weighted by molar-refractivity contribution is 5.80. The minimum atomic E-state index is -1.03. The van der Waals surface area contributed by atoms with Crippen LogP contribution in [0.2, 0.25) is 0 Å². The van der Waals surface area contributed by atoms with E-state index in [4.69, 9.17) is 9.84 Å². The number of allylic oxidation sites excluding steroid dienone is 7. The normalized spacial score (nSPS) is 12.6. The van der Waals surface area contributed by atoms with Crippen LogP contribution < -0.4 is 5.32 Å². The number of ether oxygens (including phenoxy) is 1. The molecule has 1 atom stereocenters. The maximum atomic E-state index is 12.6. The third kappa shape index (κ3) is 36.1. The van der Waals surface area contributed by atoms with Crippen LogP contribution in [-0.4, -0.2) is 35.6 Å². The minimum absolute atomic E-state index is 0.101. The van der Waals surface area contributed by atoms with E-state index in [1.807, 2.05) is 0 Å². The van der Waals surface area contributed by atoms with E-state index in [1.54, 1.807) is 0 Å². The molecule has 1 unspecified atom stereocenters. The van der Waals surface area contributed by atoms with E-state index >= 15 is 0 Å². The number of nitrogens with one attached hydrogen (secondary N) is 1. The van der Waals surface area contributed by atoms with Crippen molar-refractivity contribution in [1.82, 2.24) is 5.32 Å². The van der Waals surface area contributed by atoms with E-state index in [0.29, 0.717) is 12.8 Å². The van der Waals surface area contributed by atoms with Crippen molar-refractivity contribution in [1.29, 1.82) is 0 Å². The molecule has 0 aromatic carbocycles. The lowest BCUT2D eigenvalue weighted by molar-refractivity contribution is -0.147. The lowest BCUT2D eigenvalue weighted by atomic mass is 10.1. The highest BCUT2D eigenvalue weighted by Crippen LogP contribution is 2.15. The van der Waals surface area contributed by atoms with Crippen molar-refractivity contribution in [3.05, 3.63) is 48.6 Å². The van der Waals surface area contributed by atoms with Gasteiger partial charge in [-0.3, -0.25) is 14.4 Å². The highest BCUT2D eigenvalue weighted by Gasteiger charge is 2.12. The smallest absolute Gasteiger partial charge is 0.322 e. The number of hydrogen-bond acceptors (Lipinski definition) is 4. The topological polar surface area (TPSA) is 92.7 Å². The molecule has 0 aromatic heterocycles. The molecule has 0 fully saturated rings. The summed E-state index contributed by atoms with van der Waals surface area (Å²) in [5.74, 6) is -1.35. The summed E-state index contributed by atoms with van der Waals surface area (Å²) in [6.45, 7) is 4.13. The van der Waals surface area contributed by atoms with Gasteiger partial charge in [0.05, 0.1) is 0 Å². The van der Waals surface area contributed by atoms with Crippen molar-refractivity contribution < 1.29 is 24.2 Å². The molecule has 47 heavy (non-hydrogen) atoms. The van der Waals surface area contributed by atoms with Gasteiger partial charge < -0.3 is 15.2 Å². The van der Waals surface area contributed by atoms with Crippen LogP contribution in [-0.2, 0) is 19.1 Å². The molecular weight excluding hydrogens is 586 g/mol. The minimum Gasteiger partial charge on any atom is -0.480 e. The van der Waals surface area contributed by atoms with Crippen molar-refractivity contribution >= 4 is 17.8 Å². The maximum absolute atomic E-state index is 12.6. The monoisotopic (exact) mass is 658 g/mol. The summed E-state index contributed by atoms with van der Waals surface area (Å²) < 4.78 is 5.84. The zero-order chi connectivity index (χ0) is 34.5. The number of amides is 1. The second-order valence-electron chi connectivity index (χ2n) is 12.8. The van der Waals surface area contributed by atoms with E-state index in [1.165, 1.54) is 77.0 Å². The molecule has 0 spiro atoms. The van der Waals surface area contributed by atoms with Gasteiger partial charge in [-0.05, 0) is 83.1 Å². The Kier molecular flexibility index (Phi) is 34.2. The largest absolute Gasteiger partial charge is 0.480 e. The third-order valence-electron chi connectivity index (χ3n) is 8.21. The summed E-state index contributed by atoms with van der Waals surface area (Å²) >= 11 is 0. The molecule has 0 bridgehead atoms. The van der Waals surface area contributed by atoms with Gasteiger partial charge in [0.1, 0.15) is 12.6 Å². The van der Waals surface area contributed by atoms with Crippen molar-refractivity contribution in [2.75, 3.05) is 6.54 Å². The fraction of sp³-hybridized carbons (Fsp3) is 0.732. The number of carbonyl (C=O) groups is 3. The number of esters is 1. The summed E-state index contributed by atoms with van der Waals surface area (Å²) in [6, 6.07) is 0. The molecule has 0 saturated heterocycles. The van der Waals surface area contributed by atoms with Crippen LogP contribution in [0.5, 0.6) is 0 Å². The van der Waals surface area contributed by atoms with Gasteiger partial charge in [-0.15, -0.1) is 0 Å². The van der Waals surface area contributed by atoms with E-state index in [2.05, 4.69) is 67.8 Å². The zero-order valence-electron chi connectivity index (χ0n) is 30.4. The summed E-state index contributed by atoms with van der Waals surface area (Å²) in [5.41, 5.74) is 0. The molecular formula is C41H71NO5. The van der Waals surface area contributed by atoms with E-state index in [0.717, 1.165) is 77.0 Å². The Morgan fingerprint density at radius 1 is 0.574 bits per heavy atom. The van der Waals surface area contributed by atoms with E-state index in [-0.39, 0.29) is 24.5 Å². The molecule has 0 aliphatic heterocycles. The Morgan fingerprint density at radius 2 is 1.04 bits per heavy atom. The summed E-state index contributed by atoms with van der Waals surface area (Å²) in [4.78, 5) is 34.7. The van der Waals surface area contributed by atoms with Gasteiger partial charge in [-0.2, -0.15) is 0 Å². The first-order valence-electron chi connectivity index (χ1n) is 19.3. The van der Waals surface area contributed by atoms with Crippen molar-refractivity contribution in [3.63, 3.8) is 0 Å². The fourth-order valence-electron chi connectivity index (χ4n) is 5.31. The summed E-state index contributed by atoms with van der Waals surface area (Å²) in [7, 11) is 0. The number of rotatable bonds is 34. The number of carboxylic acids is 1. The molecule has 0 saturated carbocycles. The standard InChI is InChI=1S/C41H71NO5/c1-3-5-7-9-10-11-12-13-14-15-16-17-18-19-20-21-22-23-24-26-32-36-41(46)47-38(33-29-25-8-6-4-2)34-30-27-28-31-35-39(43)42-37-40(44)45/h12-13,15-16,18-19,29,33,38H,3-11,14,17,20-28,30-32,34-37H2,1-2H3,(H,42,43)(H,44,45)/b13-12-,16-15-,19-18-,33-29-. The number of carboxylic acid groups (broad SMARTS) is 1. The Morgan fingerprint density at radius 3 is 1.66 bits per heavy atom. The molecule has 0 aromatic rings. The average molecular weight is 658 g/mol. The Bertz CT molecular complexity index is 860. The first-order chi connectivity index (χ1) is 23.0. The highest BCUT2D eigenvalue weighted by atomic mass is 16.5. The molecule has 0 aliphatic carbocycles. The van der Waals surface area contributed by atoms with Crippen LogP contribution in [0.4, 0.5) is 0 Å². The molecule has 0 aliphatic rings. The van der Waals surface area contributed by atoms with Gasteiger partial charge >= 0.3 is 11.9 Å². The number of hydrogen-bond donors (Lipinski definition) is 2. The third-order valence-corrected chi connectivity index (χ3v) is 8.21. The van der Waals surface area contributed by atoms with Gasteiger partial charge in [-0.25, -0.2) is 0 Å². The molecule has 0 rings (SSSR count). The molecule has 6 heteroatoms. The van der Waals surface area contributed by atoms with Gasteiger partial charge in [0.25, 0.3) is 0 Å². The molecule has 270 valence electrons. The van der Waals surface area contributed by atoms with Crippen LogP contribution in [0.15, 0.2) is 48.6 Å². The van der Waals surface area contributed by atoms with Gasteiger partial charge in [0.15, 0.2) is 0 Å². The Balaban J connectivity index is 3.95. The van der Waals surface area contributed by atoms with Crippen LogP contribution in [0.25, 0.3) is 0 Å². The SMILES string of the molecule is CCCCC/C=C\C(CCCCCCC(=O)NCC(=O)O)OC(=O)CCCCCCCC/C=C\C/C=C\C/C=C\CCCCCCC. The second-order valence-corrected chi connectivity index (χ2v) is 12.8. The molecule has 6 nitrogen and oxygen atoms in total. The van der Waals surface area contributed by atoms with Gasteiger partial charge in [-0.1, -0.05) is 133 Å². The predicted molar refractivity (Wildman–Crippen MR) is 198 cm³/mol. The number of unbranched alkanes of at least 4 members (excludes halogenated alkanes) is 17. The Hall–Kier alpha value is -2.63. The molecule has 0 radical (unpaired) electrons. The molecule has 2 N–H and O–H groups in total. The van der Waals surface area contributed by atoms with Gasteiger partial charge in [0, 0.05) is 12.8 Å². The lowest BCUT2D eigenvalue weighted by Crippen LogP contribution is -2.28. The summed E-state index contributed by atoms with van der Waals surface area (Å²) in [5, 5.41) is 11.0. The first-order valence-corrected chi connectivity index (χ1v) is 19.3. The zero-order valence-corrected chi connectivity index (χ0v) is 30.4. The Labute approximate surface area is 289 Å². The number of carbonyl (C=O) groups excluding carboxylic acids is 2. The van der Waals surface area contributed by atoms with Crippen molar-refractivity contribution in [2.24, 2.45) is 0 Å². The van der Waals surface area contributed by atoms with Crippen LogP contribution in [0.3, 0.4) is 0 Å². The fourth-order valence-corrected chi connectivity index (χ4v) is 5.31. The maximum Gasteiger partial charge on any atom is 0.322 e. The van der Waals surface area contributed by atoms with Crippen molar-refractivity contribution in [3.8, 4) is 0 Å². The lowest BCUT2D eigenvalue weighted by Gasteiger charge is -2.15. The van der Waals surface area contributed by atoms with Crippen molar-refractivity contribution in [2.45, 2.75) is 187 Å². The summed E-state index contributed by atoms with van der Waals surface area (Å²) in [6.07, 6.45) is 45.5. The van der Waals surface area contributed by atoms with Crippen LogP contribution >= 0.6 is 0 Å². The predicted octanol–water partition coefficient (Wildman–Crippen LogP) is 11.5. The second kappa shape index (κ2) is 36.2. The quantitative estimate of drug-likeness (QED) is 0.0408. The molecule has 0 heterocycles. The van der Waals surface area contributed by atoms with Crippen LogP contribution in [0.1, 0.15) is 181 Å². The molecule has 1 amide bonds. The number of aliphatic carboxylic acids is 1. The van der Waals surface area contributed by atoms with E-state index in [9.17, 15) is 14.4 Å².